The Hall–Kier alpha value is -3.20. The summed E-state index contributed by atoms with van der Waals surface area (Å²) in [5.74, 6) is -0.601. The molecule has 0 saturated carbocycles. The summed E-state index contributed by atoms with van der Waals surface area (Å²) >= 11 is 1.11. The highest BCUT2D eigenvalue weighted by Gasteiger charge is 2.23. The smallest absolute Gasteiger partial charge is 0.348 e. The van der Waals surface area contributed by atoms with E-state index >= 15 is 0 Å². The van der Waals surface area contributed by atoms with Crippen LogP contribution >= 0.6 is 11.3 Å². The van der Waals surface area contributed by atoms with Crippen molar-refractivity contribution in [1.29, 1.82) is 0 Å². The number of ether oxygens (including phenoxy) is 1. The lowest BCUT2D eigenvalue weighted by molar-refractivity contribution is -0.118. The van der Waals surface area contributed by atoms with Crippen molar-refractivity contribution < 1.29 is 19.4 Å². The van der Waals surface area contributed by atoms with Crippen LogP contribution in [0.1, 0.15) is 42.0 Å². The molecule has 1 aromatic carbocycles. The lowest BCUT2D eigenvalue weighted by Gasteiger charge is -2.15. The number of thiophene rings is 1. The Morgan fingerprint density at radius 2 is 1.90 bits per heavy atom. The average molecular weight is 429 g/mol. The molecule has 2 aromatic heterocycles. The summed E-state index contributed by atoms with van der Waals surface area (Å²) in [5.41, 5.74) is 0.598. The van der Waals surface area contributed by atoms with Gasteiger partial charge in [0, 0.05) is 5.69 Å². The van der Waals surface area contributed by atoms with Crippen LogP contribution in [0.2, 0.25) is 0 Å². The third-order valence-corrected chi connectivity index (χ3v) is 5.72. The van der Waals surface area contributed by atoms with Crippen molar-refractivity contribution in [1.82, 2.24) is 9.55 Å². The van der Waals surface area contributed by atoms with Crippen molar-refractivity contribution in [3.05, 3.63) is 51.4 Å². The molecule has 0 radical (unpaired) electrons. The number of hydrogen-bond donors (Lipinski definition) is 2. The molecule has 1 amide bonds. The van der Waals surface area contributed by atoms with Gasteiger partial charge in [0.25, 0.3) is 5.56 Å². The fourth-order valence-electron chi connectivity index (χ4n) is 2.83. The van der Waals surface area contributed by atoms with Gasteiger partial charge in [0.05, 0.1) is 18.3 Å². The minimum atomic E-state index is -0.834. The van der Waals surface area contributed by atoms with Crippen molar-refractivity contribution in [3.63, 3.8) is 0 Å². The van der Waals surface area contributed by atoms with Crippen molar-refractivity contribution in [2.75, 3.05) is 11.9 Å². The van der Waals surface area contributed by atoms with Gasteiger partial charge in [-0.1, -0.05) is 13.8 Å². The first-order chi connectivity index (χ1) is 14.2. The van der Waals surface area contributed by atoms with Crippen molar-refractivity contribution in [3.8, 4) is 5.75 Å². The van der Waals surface area contributed by atoms with Gasteiger partial charge >= 0.3 is 5.97 Å². The van der Waals surface area contributed by atoms with E-state index < -0.39 is 23.5 Å². The fraction of sp³-hybridized carbons (Fsp3) is 0.333. The molecule has 0 fully saturated rings. The van der Waals surface area contributed by atoms with Crippen LogP contribution in [0.3, 0.4) is 0 Å². The second-order valence-corrected chi connectivity index (χ2v) is 8.40. The molecule has 9 heteroatoms. The maximum absolute atomic E-state index is 13.1. The van der Waals surface area contributed by atoms with Crippen molar-refractivity contribution in [2.24, 2.45) is 5.92 Å². The Kier molecular flexibility index (Phi) is 6.21. The summed E-state index contributed by atoms with van der Waals surface area (Å²) in [4.78, 5) is 43.1. The Bertz CT molecular complexity index is 1150. The number of aromatic hydroxyl groups is 1. The molecule has 3 aromatic rings. The van der Waals surface area contributed by atoms with E-state index in [4.69, 9.17) is 4.74 Å². The molecule has 0 bridgehead atoms. The predicted molar refractivity (Wildman–Crippen MR) is 115 cm³/mol. The molecule has 2 heterocycles. The molecule has 2 N–H and O–H groups in total. The van der Waals surface area contributed by atoms with Gasteiger partial charge in [-0.25, -0.2) is 9.78 Å². The molecule has 0 aliphatic heterocycles. The fourth-order valence-corrected chi connectivity index (χ4v) is 3.87. The Balaban J connectivity index is 1.89. The third-order valence-electron chi connectivity index (χ3n) is 4.54. The van der Waals surface area contributed by atoms with Crippen LogP contribution in [0, 0.1) is 12.8 Å². The molecule has 1 unspecified atom stereocenters. The zero-order valence-electron chi connectivity index (χ0n) is 17.1. The highest BCUT2D eigenvalue weighted by atomic mass is 32.1. The number of amides is 1. The number of nitrogens with one attached hydrogen (secondary N) is 1. The van der Waals surface area contributed by atoms with E-state index in [0.29, 0.717) is 33.0 Å². The van der Waals surface area contributed by atoms with Crippen LogP contribution in [0.4, 0.5) is 5.69 Å². The van der Waals surface area contributed by atoms with E-state index in [0.717, 1.165) is 11.3 Å². The SMILES string of the molecule is Cc1c(C(=O)OCC(C)C)sc2ncn(C(C)C(=O)Nc3ccc(O)cc3)c(=O)c12. The van der Waals surface area contributed by atoms with Crippen LogP contribution in [0.5, 0.6) is 5.75 Å². The molecule has 0 aliphatic rings. The molecule has 30 heavy (non-hydrogen) atoms. The van der Waals surface area contributed by atoms with Crippen LogP contribution in [0.15, 0.2) is 35.4 Å². The Morgan fingerprint density at radius 3 is 2.53 bits per heavy atom. The quantitative estimate of drug-likeness (QED) is 0.458. The highest BCUT2D eigenvalue weighted by Crippen LogP contribution is 2.28. The van der Waals surface area contributed by atoms with Crippen LogP contribution in [-0.4, -0.2) is 33.1 Å². The van der Waals surface area contributed by atoms with Crippen LogP contribution in [0.25, 0.3) is 10.2 Å². The summed E-state index contributed by atoms with van der Waals surface area (Å²) in [7, 11) is 0. The van der Waals surface area contributed by atoms with Gasteiger partial charge in [-0.15, -0.1) is 11.3 Å². The number of benzene rings is 1. The Labute approximate surface area is 177 Å². The minimum absolute atomic E-state index is 0.0857. The van der Waals surface area contributed by atoms with Gasteiger partial charge in [-0.2, -0.15) is 0 Å². The Morgan fingerprint density at radius 1 is 1.23 bits per heavy atom. The van der Waals surface area contributed by atoms with E-state index in [9.17, 15) is 19.5 Å². The second kappa shape index (κ2) is 8.66. The minimum Gasteiger partial charge on any atom is -0.508 e. The van der Waals surface area contributed by atoms with E-state index in [1.807, 2.05) is 13.8 Å². The number of anilines is 1. The number of aryl methyl sites for hydroxylation is 1. The lowest BCUT2D eigenvalue weighted by Crippen LogP contribution is -2.31. The zero-order valence-corrected chi connectivity index (χ0v) is 17.9. The number of aromatic nitrogens is 2. The molecule has 8 nitrogen and oxygen atoms in total. The molecule has 1 atom stereocenters. The van der Waals surface area contributed by atoms with Gasteiger partial charge in [0.1, 0.15) is 21.5 Å². The number of carbonyl (C=O) groups excluding carboxylic acids is 2. The standard InChI is InChI=1S/C21H23N3O5S/c1-11(2)9-29-21(28)17-12(3)16-19(30-17)22-10-24(20(16)27)13(4)18(26)23-14-5-7-15(25)8-6-14/h5-8,10-11,13,25H,9H2,1-4H3,(H,23,26). The van der Waals surface area contributed by atoms with E-state index in [2.05, 4.69) is 10.3 Å². The highest BCUT2D eigenvalue weighted by molar-refractivity contribution is 7.20. The molecular formula is C21H23N3O5S. The summed E-state index contributed by atoms with van der Waals surface area (Å²) < 4.78 is 6.52. The number of phenolic OH excluding ortho intramolecular Hbond substituents is 1. The normalized spacial score (nSPS) is 12.2. The van der Waals surface area contributed by atoms with Gasteiger partial charge in [0.15, 0.2) is 0 Å². The first-order valence-corrected chi connectivity index (χ1v) is 10.3. The maximum atomic E-state index is 13.1. The van der Waals surface area contributed by atoms with Gasteiger partial charge in [0.2, 0.25) is 5.91 Å². The number of esters is 1. The van der Waals surface area contributed by atoms with Crippen LogP contribution < -0.4 is 10.9 Å². The van der Waals surface area contributed by atoms with Gasteiger partial charge in [-0.05, 0) is 49.6 Å². The van der Waals surface area contributed by atoms with E-state index in [1.165, 1.54) is 23.0 Å². The molecular weight excluding hydrogens is 406 g/mol. The van der Waals surface area contributed by atoms with Gasteiger partial charge in [-0.3, -0.25) is 14.2 Å². The second-order valence-electron chi connectivity index (χ2n) is 7.40. The monoisotopic (exact) mass is 429 g/mol. The number of carbonyl (C=O) groups is 2. The predicted octanol–water partition coefficient (Wildman–Crippen LogP) is 3.48. The van der Waals surface area contributed by atoms with E-state index in [-0.39, 0.29) is 11.7 Å². The number of hydrogen-bond acceptors (Lipinski definition) is 7. The topological polar surface area (TPSA) is 111 Å². The molecule has 0 spiro atoms. The number of rotatable bonds is 6. The number of fused-ring (bicyclic) bond motifs is 1. The van der Waals surface area contributed by atoms with Gasteiger partial charge < -0.3 is 15.2 Å². The first kappa shape index (κ1) is 21.5. The number of nitrogens with zero attached hydrogens (tertiary/aromatic N) is 2. The largest absolute Gasteiger partial charge is 0.508 e. The molecule has 3 rings (SSSR count). The summed E-state index contributed by atoms with van der Waals surface area (Å²) in [5, 5.41) is 12.4. The van der Waals surface area contributed by atoms with Crippen LogP contribution in [-0.2, 0) is 9.53 Å². The van der Waals surface area contributed by atoms with E-state index in [1.54, 1.807) is 26.0 Å². The molecule has 0 aliphatic carbocycles. The first-order valence-electron chi connectivity index (χ1n) is 9.46. The number of phenols is 1. The summed E-state index contributed by atoms with van der Waals surface area (Å²) in [6, 6.07) is 5.19. The average Bonchev–Trinajstić information content (AvgIpc) is 3.05. The summed E-state index contributed by atoms with van der Waals surface area (Å²) in [6.07, 6.45) is 1.31. The van der Waals surface area contributed by atoms with Crippen molar-refractivity contribution >= 4 is 39.1 Å². The lowest BCUT2D eigenvalue weighted by atomic mass is 10.2. The molecule has 158 valence electrons. The van der Waals surface area contributed by atoms with Crippen molar-refractivity contribution in [2.45, 2.75) is 33.7 Å². The third kappa shape index (κ3) is 4.35. The summed E-state index contributed by atoms with van der Waals surface area (Å²) in [6.45, 7) is 7.44. The zero-order chi connectivity index (χ0) is 22.0. The molecule has 0 saturated heterocycles. The maximum Gasteiger partial charge on any atom is 0.348 e.